The highest BCUT2D eigenvalue weighted by Gasteiger charge is 2.17. The first kappa shape index (κ1) is 22.1. The van der Waals surface area contributed by atoms with Crippen LogP contribution in [0.4, 0.5) is 11.4 Å². The van der Waals surface area contributed by atoms with Crippen LogP contribution in [-0.4, -0.2) is 34.7 Å². The molecule has 0 saturated carbocycles. The number of carbonyl (C=O) groups excluding carboxylic acids is 1. The monoisotopic (exact) mass is 445 g/mol. The van der Waals surface area contributed by atoms with Crippen molar-refractivity contribution >= 4 is 28.2 Å². The Hall–Kier alpha value is -4.07. The average Bonchev–Trinajstić information content (AvgIpc) is 3.32. The second-order valence-electron chi connectivity index (χ2n) is 7.68. The summed E-state index contributed by atoms with van der Waals surface area (Å²) in [5, 5.41) is 4.39. The second-order valence-corrected chi connectivity index (χ2v) is 7.68. The largest absolute Gasteiger partial charge is 0.493 e. The van der Waals surface area contributed by atoms with Gasteiger partial charge in [0.2, 0.25) is 5.91 Å². The third-order valence-electron chi connectivity index (χ3n) is 5.61. The van der Waals surface area contributed by atoms with E-state index >= 15 is 0 Å². The number of ether oxygens (including phenoxy) is 2. The predicted molar refractivity (Wildman–Crippen MR) is 128 cm³/mol. The fourth-order valence-corrected chi connectivity index (χ4v) is 4.06. The van der Waals surface area contributed by atoms with Crippen LogP contribution in [0.5, 0.6) is 11.5 Å². The molecular weight excluding hydrogens is 418 g/mol. The van der Waals surface area contributed by atoms with E-state index in [4.69, 9.17) is 15.2 Å². The lowest BCUT2D eigenvalue weighted by atomic mass is 10.0. The van der Waals surface area contributed by atoms with Crippen molar-refractivity contribution in [3.63, 3.8) is 0 Å². The van der Waals surface area contributed by atoms with Gasteiger partial charge in [-0.2, -0.15) is 0 Å². The number of imidazole rings is 1. The molecule has 4 rings (SSSR count). The number of amides is 1. The van der Waals surface area contributed by atoms with Crippen LogP contribution in [-0.2, 0) is 24.2 Å². The third-order valence-corrected chi connectivity index (χ3v) is 5.61. The molecule has 4 aromatic rings. The standard InChI is InChI=1S/C25H27N5O3/c1-4-18-16(14-30-9-8-27-15-30)6-5-7-20(18)29-25-17(10-24(26)31)13-28-21-12-23(33-3)22(32-2)11-19(21)25/h5-9,11-13,15H,4,10,14H2,1-3H3,(H2,26,31)(H,28,29). The predicted octanol–water partition coefficient (Wildman–Crippen LogP) is 3.83. The SMILES string of the molecule is CCc1c(Cn2ccnc2)cccc1Nc1c(CC(N)=O)cnc2cc(OC)c(OC)cc12. The van der Waals surface area contributed by atoms with E-state index in [2.05, 4.69) is 28.3 Å². The summed E-state index contributed by atoms with van der Waals surface area (Å²) in [6.45, 7) is 2.84. The van der Waals surface area contributed by atoms with Crippen molar-refractivity contribution in [2.24, 2.45) is 5.73 Å². The number of nitrogens with zero attached hydrogens (tertiary/aromatic N) is 3. The van der Waals surface area contributed by atoms with Crippen molar-refractivity contribution in [1.82, 2.24) is 14.5 Å². The van der Waals surface area contributed by atoms with Gasteiger partial charge in [0.25, 0.3) is 0 Å². The van der Waals surface area contributed by atoms with E-state index in [1.165, 1.54) is 11.1 Å². The molecule has 0 saturated heterocycles. The van der Waals surface area contributed by atoms with Crippen LogP contribution in [0.3, 0.4) is 0 Å². The minimum absolute atomic E-state index is 0.0653. The first-order chi connectivity index (χ1) is 16.0. The van der Waals surface area contributed by atoms with Crippen molar-refractivity contribution < 1.29 is 14.3 Å². The lowest BCUT2D eigenvalue weighted by Gasteiger charge is -2.19. The number of hydrogen-bond acceptors (Lipinski definition) is 6. The zero-order chi connectivity index (χ0) is 23.4. The molecule has 33 heavy (non-hydrogen) atoms. The number of primary amides is 1. The fourth-order valence-electron chi connectivity index (χ4n) is 4.06. The van der Waals surface area contributed by atoms with Crippen molar-refractivity contribution in [3.05, 3.63) is 71.9 Å². The summed E-state index contributed by atoms with van der Waals surface area (Å²) in [4.78, 5) is 20.5. The number of nitrogens with two attached hydrogens (primary N) is 1. The smallest absolute Gasteiger partial charge is 0.221 e. The average molecular weight is 446 g/mol. The molecule has 0 aliphatic carbocycles. The lowest BCUT2D eigenvalue weighted by molar-refractivity contribution is -0.117. The Morgan fingerprint density at radius 2 is 1.94 bits per heavy atom. The van der Waals surface area contributed by atoms with Gasteiger partial charge in [-0.25, -0.2) is 4.98 Å². The molecule has 0 radical (unpaired) electrons. The minimum atomic E-state index is -0.427. The van der Waals surface area contributed by atoms with Crippen LogP contribution in [0.1, 0.15) is 23.6 Å². The molecule has 0 unspecified atom stereocenters. The molecule has 8 nitrogen and oxygen atoms in total. The highest BCUT2D eigenvalue weighted by atomic mass is 16.5. The van der Waals surface area contributed by atoms with Gasteiger partial charge in [-0.1, -0.05) is 19.1 Å². The third kappa shape index (κ3) is 4.59. The van der Waals surface area contributed by atoms with Crippen LogP contribution in [0.15, 0.2) is 55.2 Å². The Bertz CT molecular complexity index is 1290. The minimum Gasteiger partial charge on any atom is -0.493 e. The number of rotatable bonds is 9. The molecule has 170 valence electrons. The van der Waals surface area contributed by atoms with Gasteiger partial charge in [0, 0.05) is 47.8 Å². The second kappa shape index (κ2) is 9.60. The van der Waals surface area contributed by atoms with E-state index in [1.807, 2.05) is 35.0 Å². The molecule has 2 aromatic heterocycles. The van der Waals surface area contributed by atoms with Gasteiger partial charge in [-0.05, 0) is 29.7 Å². The van der Waals surface area contributed by atoms with Gasteiger partial charge in [-0.15, -0.1) is 0 Å². The number of anilines is 2. The summed E-state index contributed by atoms with van der Waals surface area (Å²) < 4.78 is 13.0. The molecule has 1 amide bonds. The van der Waals surface area contributed by atoms with E-state index in [9.17, 15) is 4.79 Å². The van der Waals surface area contributed by atoms with E-state index < -0.39 is 5.91 Å². The van der Waals surface area contributed by atoms with Crippen molar-refractivity contribution in [3.8, 4) is 11.5 Å². The zero-order valence-corrected chi connectivity index (χ0v) is 19.0. The van der Waals surface area contributed by atoms with Crippen LogP contribution >= 0.6 is 0 Å². The molecule has 3 N–H and O–H groups in total. The van der Waals surface area contributed by atoms with E-state index in [1.54, 1.807) is 32.9 Å². The van der Waals surface area contributed by atoms with Crippen LogP contribution in [0.2, 0.25) is 0 Å². The zero-order valence-electron chi connectivity index (χ0n) is 19.0. The fraction of sp³-hybridized carbons (Fsp3) is 0.240. The number of hydrogen-bond donors (Lipinski definition) is 2. The normalized spacial score (nSPS) is 10.9. The molecule has 0 aliphatic heterocycles. The Kier molecular flexibility index (Phi) is 6.44. The van der Waals surface area contributed by atoms with Crippen LogP contribution in [0, 0.1) is 0 Å². The van der Waals surface area contributed by atoms with E-state index in [0.717, 1.165) is 35.2 Å². The maximum absolute atomic E-state index is 11.8. The molecule has 0 spiro atoms. The summed E-state index contributed by atoms with van der Waals surface area (Å²) in [7, 11) is 3.18. The molecule has 8 heteroatoms. The van der Waals surface area contributed by atoms with E-state index in [0.29, 0.717) is 17.1 Å². The number of carbonyl (C=O) groups is 1. The molecule has 0 aliphatic rings. The molecule has 0 fully saturated rings. The number of fused-ring (bicyclic) bond motifs is 1. The van der Waals surface area contributed by atoms with Crippen LogP contribution < -0.4 is 20.5 Å². The Balaban J connectivity index is 1.85. The maximum Gasteiger partial charge on any atom is 0.221 e. The van der Waals surface area contributed by atoms with E-state index in [-0.39, 0.29) is 6.42 Å². The Morgan fingerprint density at radius 1 is 1.15 bits per heavy atom. The summed E-state index contributed by atoms with van der Waals surface area (Å²) >= 11 is 0. The molecular formula is C25H27N5O3. The Morgan fingerprint density at radius 3 is 2.61 bits per heavy atom. The number of methoxy groups -OCH3 is 2. The molecule has 0 atom stereocenters. The molecule has 2 heterocycles. The van der Waals surface area contributed by atoms with Gasteiger partial charge in [0.15, 0.2) is 11.5 Å². The summed E-state index contributed by atoms with van der Waals surface area (Å²) in [5.74, 6) is 0.738. The number of nitrogens with one attached hydrogen (secondary N) is 1. The highest BCUT2D eigenvalue weighted by Crippen LogP contribution is 2.38. The summed E-state index contributed by atoms with van der Waals surface area (Å²) in [6, 6.07) is 9.87. The quantitative estimate of drug-likeness (QED) is 0.406. The Labute approximate surface area is 192 Å². The molecule has 2 aromatic carbocycles. The van der Waals surface area contributed by atoms with Crippen molar-refractivity contribution in [2.45, 2.75) is 26.3 Å². The van der Waals surface area contributed by atoms with Gasteiger partial charge < -0.3 is 25.1 Å². The number of benzene rings is 2. The summed E-state index contributed by atoms with van der Waals surface area (Å²) in [5.41, 5.74) is 11.1. The van der Waals surface area contributed by atoms with Crippen LogP contribution in [0.25, 0.3) is 10.9 Å². The maximum atomic E-state index is 11.8. The molecule has 0 bridgehead atoms. The van der Waals surface area contributed by atoms with Gasteiger partial charge in [0.1, 0.15) is 0 Å². The topological polar surface area (TPSA) is 104 Å². The highest BCUT2D eigenvalue weighted by molar-refractivity contribution is 5.98. The first-order valence-electron chi connectivity index (χ1n) is 10.7. The van der Waals surface area contributed by atoms with Crippen molar-refractivity contribution in [1.29, 1.82) is 0 Å². The van der Waals surface area contributed by atoms with Gasteiger partial charge in [0.05, 0.1) is 38.2 Å². The van der Waals surface area contributed by atoms with Crippen molar-refractivity contribution in [2.75, 3.05) is 19.5 Å². The summed E-state index contributed by atoms with van der Waals surface area (Å²) in [6.07, 6.45) is 8.10. The lowest BCUT2D eigenvalue weighted by Crippen LogP contribution is -2.15. The number of pyridine rings is 1. The van der Waals surface area contributed by atoms with Gasteiger partial charge >= 0.3 is 0 Å². The van der Waals surface area contributed by atoms with Gasteiger partial charge in [-0.3, -0.25) is 9.78 Å². The first-order valence-corrected chi connectivity index (χ1v) is 10.7. The number of aromatic nitrogens is 3.